The van der Waals surface area contributed by atoms with Crippen LogP contribution >= 0.6 is 47.8 Å². The zero-order valence-corrected chi connectivity index (χ0v) is 9.21. The van der Waals surface area contributed by atoms with Crippen molar-refractivity contribution >= 4 is 47.8 Å². The lowest BCUT2D eigenvalue weighted by Gasteiger charge is -2.19. The normalized spacial score (nSPS) is 12.0. The molecule has 0 saturated heterocycles. The predicted octanol–water partition coefficient (Wildman–Crippen LogP) is 2.51. The lowest BCUT2D eigenvalue weighted by Crippen LogP contribution is -2.26. The summed E-state index contributed by atoms with van der Waals surface area (Å²) in [5.74, 6) is 0. The standard InChI is InChI=1S/C4H7Br3O/c1-8-4(7,2-5)3-6/h2-3H2,1H3. The Balaban J connectivity index is 3.58. The fraction of sp³-hybridized carbons (Fsp3) is 1.00. The molecule has 0 heterocycles. The smallest absolute Gasteiger partial charge is 0.141 e. The molecule has 4 heteroatoms. The predicted molar refractivity (Wildman–Crippen MR) is 46.3 cm³/mol. The minimum absolute atomic E-state index is 0.229. The molecule has 1 nitrogen and oxygen atoms in total. The van der Waals surface area contributed by atoms with Crippen LogP contribution in [0.3, 0.4) is 0 Å². The Kier molecular flexibility index (Phi) is 5.00. The second-order valence-corrected chi connectivity index (χ2v) is 3.92. The molecule has 8 heavy (non-hydrogen) atoms. The number of hydrogen-bond acceptors (Lipinski definition) is 1. The number of halogens is 3. The number of rotatable bonds is 3. The van der Waals surface area contributed by atoms with Gasteiger partial charge < -0.3 is 4.74 Å². The quantitative estimate of drug-likeness (QED) is 0.728. The fourth-order valence-corrected chi connectivity index (χ4v) is 1.53. The largest absolute Gasteiger partial charge is 0.365 e. The van der Waals surface area contributed by atoms with Crippen LogP contribution in [0.2, 0.25) is 0 Å². The molecular weight excluding hydrogens is 304 g/mol. The van der Waals surface area contributed by atoms with Crippen LogP contribution in [0.4, 0.5) is 0 Å². The van der Waals surface area contributed by atoms with Crippen molar-refractivity contribution in [1.29, 1.82) is 0 Å². The molecule has 0 radical (unpaired) electrons. The Hall–Kier alpha value is 1.40. The van der Waals surface area contributed by atoms with Crippen molar-refractivity contribution in [3.05, 3.63) is 0 Å². The first kappa shape index (κ1) is 9.40. The van der Waals surface area contributed by atoms with E-state index in [0.29, 0.717) is 0 Å². The molecule has 0 aromatic carbocycles. The van der Waals surface area contributed by atoms with Crippen LogP contribution in [0.15, 0.2) is 0 Å². The van der Waals surface area contributed by atoms with E-state index in [1.165, 1.54) is 0 Å². The molecule has 0 amide bonds. The van der Waals surface area contributed by atoms with E-state index in [1.807, 2.05) is 0 Å². The summed E-state index contributed by atoms with van der Waals surface area (Å²) in [5, 5.41) is 1.56. The van der Waals surface area contributed by atoms with Gasteiger partial charge in [-0.3, -0.25) is 0 Å². The van der Waals surface area contributed by atoms with Gasteiger partial charge in [-0.2, -0.15) is 0 Å². The van der Waals surface area contributed by atoms with Crippen LogP contribution in [0.25, 0.3) is 0 Å². The molecule has 50 valence electrons. The molecule has 0 atom stereocenters. The Morgan fingerprint density at radius 2 is 1.75 bits per heavy atom. The zero-order valence-electron chi connectivity index (χ0n) is 4.46. The average molecular weight is 311 g/mol. The summed E-state index contributed by atoms with van der Waals surface area (Å²) in [7, 11) is 1.66. The van der Waals surface area contributed by atoms with Crippen molar-refractivity contribution in [3.63, 3.8) is 0 Å². The average Bonchev–Trinajstić information content (AvgIpc) is 1.87. The number of methoxy groups -OCH3 is 1. The summed E-state index contributed by atoms with van der Waals surface area (Å²) >= 11 is 9.95. The van der Waals surface area contributed by atoms with E-state index in [0.717, 1.165) is 10.7 Å². The number of ether oxygens (including phenoxy) is 1. The summed E-state index contributed by atoms with van der Waals surface area (Å²) in [4.78, 5) is 0. The Bertz CT molecular complexity index is 54.0. The van der Waals surface area contributed by atoms with Crippen molar-refractivity contribution in [2.24, 2.45) is 0 Å². The lowest BCUT2D eigenvalue weighted by atomic mass is 10.5. The van der Waals surface area contributed by atoms with Crippen molar-refractivity contribution in [2.75, 3.05) is 17.8 Å². The maximum atomic E-state index is 5.06. The molecule has 0 aliphatic carbocycles. The highest BCUT2D eigenvalue weighted by molar-refractivity contribution is 9.13. The topological polar surface area (TPSA) is 9.23 Å². The third-order valence-corrected chi connectivity index (χ3v) is 4.97. The van der Waals surface area contributed by atoms with E-state index in [9.17, 15) is 0 Å². The Morgan fingerprint density at radius 1 is 1.38 bits per heavy atom. The van der Waals surface area contributed by atoms with Crippen molar-refractivity contribution in [1.82, 2.24) is 0 Å². The van der Waals surface area contributed by atoms with E-state index in [-0.39, 0.29) is 4.51 Å². The zero-order chi connectivity index (χ0) is 6.62. The fourth-order valence-electron chi connectivity index (χ4n) is 0.145. The summed E-state index contributed by atoms with van der Waals surface area (Å²) in [6, 6.07) is 0. The first-order valence-corrected chi connectivity index (χ1v) is 5.08. The van der Waals surface area contributed by atoms with Gasteiger partial charge >= 0.3 is 0 Å². The minimum Gasteiger partial charge on any atom is -0.365 e. The molecule has 0 bridgehead atoms. The maximum absolute atomic E-state index is 5.06. The van der Waals surface area contributed by atoms with Gasteiger partial charge in [0.2, 0.25) is 0 Å². The van der Waals surface area contributed by atoms with E-state index < -0.39 is 0 Å². The van der Waals surface area contributed by atoms with Gasteiger partial charge in [0.05, 0.1) is 0 Å². The number of alkyl halides is 3. The molecule has 0 rings (SSSR count). The minimum atomic E-state index is -0.229. The van der Waals surface area contributed by atoms with Gasteiger partial charge in [-0.1, -0.05) is 47.8 Å². The van der Waals surface area contributed by atoms with Crippen LogP contribution in [-0.2, 0) is 4.74 Å². The van der Waals surface area contributed by atoms with Gasteiger partial charge in [0.15, 0.2) is 0 Å². The highest BCUT2D eigenvalue weighted by Gasteiger charge is 2.21. The first-order chi connectivity index (χ1) is 3.68. The summed E-state index contributed by atoms with van der Waals surface area (Å²) in [6.07, 6.45) is 0. The molecule has 0 spiro atoms. The van der Waals surface area contributed by atoms with Gasteiger partial charge in [0.1, 0.15) is 4.51 Å². The monoisotopic (exact) mass is 308 g/mol. The third kappa shape index (κ3) is 2.80. The van der Waals surface area contributed by atoms with Crippen molar-refractivity contribution < 1.29 is 4.74 Å². The summed E-state index contributed by atoms with van der Waals surface area (Å²) in [5.41, 5.74) is 0. The SMILES string of the molecule is COC(Br)(CBr)CBr. The lowest BCUT2D eigenvalue weighted by molar-refractivity contribution is 0.120. The Labute approximate surface area is 74.6 Å². The molecule has 0 unspecified atom stereocenters. The highest BCUT2D eigenvalue weighted by Crippen LogP contribution is 2.23. The Morgan fingerprint density at radius 3 is 1.75 bits per heavy atom. The second-order valence-electron chi connectivity index (χ2n) is 1.35. The summed E-state index contributed by atoms with van der Waals surface area (Å²) in [6.45, 7) is 0. The van der Waals surface area contributed by atoms with Gasteiger partial charge in [-0.25, -0.2) is 0 Å². The third-order valence-electron chi connectivity index (χ3n) is 0.765. The molecule has 0 aromatic rings. The van der Waals surface area contributed by atoms with Gasteiger partial charge in [-0.05, 0) is 0 Å². The molecule has 0 fully saturated rings. The molecule has 0 saturated carbocycles. The van der Waals surface area contributed by atoms with Gasteiger partial charge in [0, 0.05) is 17.8 Å². The van der Waals surface area contributed by atoms with Crippen LogP contribution < -0.4 is 0 Å². The summed E-state index contributed by atoms with van der Waals surface area (Å²) < 4.78 is 4.83. The number of hydrogen-bond donors (Lipinski definition) is 0. The molecule has 0 aromatic heterocycles. The van der Waals surface area contributed by atoms with Crippen LogP contribution in [0, 0.1) is 0 Å². The van der Waals surface area contributed by atoms with Crippen molar-refractivity contribution in [3.8, 4) is 0 Å². The first-order valence-electron chi connectivity index (χ1n) is 2.04. The molecule has 0 aliphatic rings. The highest BCUT2D eigenvalue weighted by atomic mass is 79.9. The van der Waals surface area contributed by atoms with Crippen molar-refractivity contribution in [2.45, 2.75) is 4.51 Å². The second kappa shape index (κ2) is 4.25. The molecular formula is C4H7Br3O. The van der Waals surface area contributed by atoms with Crippen LogP contribution in [-0.4, -0.2) is 22.3 Å². The molecule has 0 aliphatic heterocycles. The van der Waals surface area contributed by atoms with Crippen LogP contribution in [0.1, 0.15) is 0 Å². The van der Waals surface area contributed by atoms with E-state index in [4.69, 9.17) is 4.74 Å². The van der Waals surface area contributed by atoms with Crippen LogP contribution in [0.5, 0.6) is 0 Å². The van der Waals surface area contributed by atoms with E-state index >= 15 is 0 Å². The van der Waals surface area contributed by atoms with E-state index in [1.54, 1.807) is 7.11 Å². The molecule has 0 N–H and O–H groups in total. The van der Waals surface area contributed by atoms with E-state index in [2.05, 4.69) is 47.8 Å². The van der Waals surface area contributed by atoms with Gasteiger partial charge in [0.25, 0.3) is 0 Å². The van der Waals surface area contributed by atoms with Gasteiger partial charge in [-0.15, -0.1) is 0 Å². The maximum Gasteiger partial charge on any atom is 0.141 e.